The Morgan fingerprint density at radius 2 is 1.81 bits per heavy atom. The van der Waals surface area contributed by atoms with Crippen LogP contribution in [0.3, 0.4) is 0 Å². The Bertz CT molecular complexity index is 277. The number of nitrogens with two attached hydrogens (primary N) is 1. The van der Waals surface area contributed by atoms with Crippen molar-refractivity contribution in [2.45, 2.75) is 50.6 Å². The molecule has 1 aliphatic carbocycles. The number of guanidine groups is 1. The Morgan fingerprint density at radius 1 is 1.19 bits per heavy atom. The van der Waals surface area contributed by atoms with E-state index in [0.717, 1.165) is 24.3 Å². The van der Waals surface area contributed by atoms with E-state index in [0.29, 0.717) is 12.0 Å². The molecule has 0 bridgehead atoms. The van der Waals surface area contributed by atoms with Crippen LogP contribution in [0.4, 0.5) is 0 Å². The zero-order valence-corrected chi connectivity index (χ0v) is 10.5. The summed E-state index contributed by atoms with van der Waals surface area (Å²) in [5.41, 5.74) is 5.88. The normalized spacial score (nSPS) is 32.9. The van der Waals surface area contributed by atoms with Crippen LogP contribution in [-0.4, -0.2) is 33.8 Å². The Hall–Kier alpha value is -0.580. The van der Waals surface area contributed by atoms with Crippen molar-refractivity contribution < 1.29 is 4.21 Å². The van der Waals surface area contributed by atoms with Crippen LogP contribution < -0.4 is 11.1 Å². The highest BCUT2D eigenvalue weighted by Crippen LogP contribution is 2.17. The van der Waals surface area contributed by atoms with E-state index in [1.54, 1.807) is 0 Å². The van der Waals surface area contributed by atoms with Gasteiger partial charge in [-0.3, -0.25) is 9.20 Å². The van der Waals surface area contributed by atoms with Crippen molar-refractivity contribution in [3.8, 4) is 0 Å². The van der Waals surface area contributed by atoms with Crippen LogP contribution in [0.5, 0.6) is 0 Å². The van der Waals surface area contributed by atoms with Gasteiger partial charge in [0.1, 0.15) is 0 Å². The quantitative estimate of drug-likeness (QED) is 0.555. The second kappa shape index (κ2) is 5.66. The van der Waals surface area contributed by atoms with Crippen LogP contribution in [0.25, 0.3) is 0 Å². The molecule has 2 aliphatic rings. The van der Waals surface area contributed by atoms with E-state index < -0.39 is 10.8 Å². The number of rotatable bonds is 2. The smallest absolute Gasteiger partial charge is 0.189 e. The predicted octanol–water partition coefficient (Wildman–Crippen LogP) is 0.744. The zero-order chi connectivity index (χ0) is 11.4. The molecule has 92 valence electrons. The van der Waals surface area contributed by atoms with Crippen LogP contribution in [0.15, 0.2) is 4.99 Å². The third kappa shape index (κ3) is 3.47. The monoisotopic (exact) mass is 243 g/mol. The van der Waals surface area contributed by atoms with E-state index in [1.165, 1.54) is 25.7 Å². The molecule has 16 heavy (non-hydrogen) atoms. The zero-order valence-electron chi connectivity index (χ0n) is 9.65. The molecule has 0 aromatic heterocycles. The minimum atomic E-state index is -0.610. The highest BCUT2D eigenvalue weighted by Gasteiger charge is 2.19. The molecule has 0 spiro atoms. The van der Waals surface area contributed by atoms with E-state index in [-0.39, 0.29) is 6.04 Å². The average Bonchev–Trinajstić information content (AvgIpc) is 2.74. The maximum atomic E-state index is 11.2. The molecule has 5 heteroatoms. The summed E-state index contributed by atoms with van der Waals surface area (Å²) in [6.07, 6.45) is 6.86. The molecule has 0 atom stereocenters. The van der Waals surface area contributed by atoms with Gasteiger partial charge in [0, 0.05) is 28.3 Å². The summed E-state index contributed by atoms with van der Waals surface area (Å²) >= 11 is 0. The highest BCUT2D eigenvalue weighted by molar-refractivity contribution is 7.85. The molecule has 3 N–H and O–H groups in total. The Balaban J connectivity index is 1.78. The SMILES string of the molecule is NC(=NC1CCS(=O)CC1)NC1CCCC1. The minimum Gasteiger partial charge on any atom is -0.370 e. The Labute approximate surface area is 99.5 Å². The standard InChI is InChI=1S/C11H21N3OS/c12-11(13-9-3-1-2-4-9)14-10-5-7-16(15)8-6-10/h9-10H,1-8H2,(H3,12,13,14). The fourth-order valence-electron chi connectivity index (χ4n) is 2.42. The molecule has 4 nitrogen and oxygen atoms in total. The highest BCUT2D eigenvalue weighted by atomic mass is 32.2. The van der Waals surface area contributed by atoms with Crippen molar-refractivity contribution >= 4 is 16.8 Å². The molecule has 2 rings (SSSR count). The third-order valence-electron chi connectivity index (χ3n) is 3.39. The summed E-state index contributed by atoms with van der Waals surface area (Å²) in [7, 11) is -0.610. The lowest BCUT2D eigenvalue weighted by Crippen LogP contribution is -2.40. The van der Waals surface area contributed by atoms with E-state index in [9.17, 15) is 4.21 Å². The first kappa shape index (κ1) is 11.9. The second-order valence-corrected chi connectivity index (χ2v) is 6.42. The molecule has 0 aromatic rings. The lowest BCUT2D eigenvalue weighted by Gasteiger charge is -2.19. The van der Waals surface area contributed by atoms with Gasteiger partial charge < -0.3 is 11.1 Å². The molecular formula is C11H21N3OS. The predicted molar refractivity (Wildman–Crippen MR) is 67.9 cm³/mol. The summed E-state index contributed by atoms with van der Waals surface area (Å²) in [6.45, 7) is 0. The van der Waals surface area contributed by atoms with E-state index >= 15 is 0 Å². The summed E-state index contributed by atoms with van der Waals surface area (Å²) < 4.78 is 11.2. The molecule has 0 unspecified atom stereocenters. The second-order valence-electron chi connectivity index (χ2n) is 4.72. The van der Waals surface area contributed by atoms with Gasteiger partial charge in [0.15, 0.2) is 5.96 Å². The lowest BCUT2D eigenvalue weighted by atomic mass is 10.2. The molecule has 1 aliphatic heterocycles. The minimum absolute atomic E-state index is 0.284. The van der Waals surface area contributed by atoms with Gasteiger partial charge >= 0.3 is 0 Å². The fourth-order valence-corrected chi connectivity index (χ4v) is 3.70. The van der Waals surface area contributed by atoms with Crippen LogP contribution in [-0.2, 0) is 10.8 Å². The molecule has 1 saturated heterocycles. The number of nitrogens with zero attached hydrogens (tertiary/aromatic N) is 1. The number of nitrogens with one attached hydrogen (secondary N) is 1. The molecule has 0 radical (unpaired) electrons. The van der Waals surface area contributed by atoms with Gasteiger partial charge in [-0.15, -0.1) is 0 Å². The van der Waals surface area contributed by atoms with E-state index in [2.05, 4.69) is 10.3 Å². The summed E-state index contributed by atoms with van der Waals surface area (Å²) in [5, 5.41) is 3.29. The van der Waals surface area contributed by atoms with E-state index in [1.807, 2.05) is 0 Å². The number of hydrogen-bond acceptors (Lipinski definition) is 2. The molecule has 1 heterocycles. The summed E-state index contributed by atoms with van der Waals surface area (Å²) in [6, 6.07) is 0.813. The fraction of sp³-hybridized carbons (Fsp3) is 0.909. The first-order valence-corrected chi connectivity index (χ1v) is 7.67. The Kier molecular flexibility index (Phi) is 4.21. The van der Waals surface area contributed by atoms with Crippen molar-refractivity contribution in [2.75, 3.05) is 11.5 Å². The average molecular weight is 243 g/mol. The van der Waals surface area contributed by atoms with Crippen LogP contribution in [0, 0.1) is 0 Å². The van der Waals surface area contributed by atoms with Gasteiger partial charge in [0.2, 0.25) is 0 Å². The van der Waals surface area contributed by atoms with Crippen LogP contribution >= 0.6 is 0 Å². The molecule has 1 saturated carbocycles. The van der Waals surface area contributed by atoms with E-state index in [4.69, 9.17) is 5.73 Å². The first-order valence-electron chi connectivity index (χ1n) is 6.19. The lowest BCUT2D eigenvalue weighted by molar-refractivity contribution is 0.583. The van der Waals surface area contributed by atoms with Crippen molar-refractivity contribution in [1.29, 1.82) is 0 Å². The van der Waals surface area contributed by atoms with Gasteiger partial charge in [0.25, 0.3) is 0 Å². The van der Waals surface area contributed by atoms with Crippen LogP contribution in [0.2, 0.25) is 0 Å². The number of hydrogen-bond donors (Lipinski definition) is 2. The van der Waals surface area contributed by atoms with Gasteiger partial charge in [-0.2, -0.15) is 0 Å². The van der Waals surface area contributed by atoms with Gasteiger partial charge in [-0.25, -0.2) is 0 Å². The topological polar surface area (TPSA) is 67.5 Å². The molecular weight excluding hydrogens is 222 g/mol. The number of aliphatic imine (C=N–C) groups is 1. The van der Waals surface area contributed by atoms with Crippen molar-refractivity contribution in [2.24, 2.45) is 10.7 Å². The van der Waals surface area contributed by atoms with Crippen molar-refractivity contribution in [3.05, 3.63) is 0 Å². The molecule has 2 fully saturated rings. The summed E-state index contributed by atoms with van der Waals surface area (Å²) in [5.74, 6) is 2.15. The van der Waals surface area contributed by atoms with Gasteiger partial charge in [-0.1, -0.05) is 12.8 Å². The van der Waals surface area contributed by atoms with Crippen molar-refractivity contribution in [1.82, 2.24) is 5.32 Å². The maximum Gasteiger partial charge on any atom is 0.189 e. The summed E-state index contributed by atoms with van der Waals surface area (Å²) in [4.78, 5) is 4.48. The molecule has 0 amide bonds. The van der Waals surface area contributed by atoms with Gasteiger partial charge in [0.05, 0.1) is 6.04 Å². The van der Waals surface area contributed by atoms with Crippen molar-refractivity contribution in [3.63, 3.8) is 0 Å². The van der Waals surface area contributed by atoms with Crippen LogP contribution in [0.1, 0.15) is 38.5 Å². The third-order valence-corrected chi connectivity index (χ3v) is 4.77. The maximum absolute atomic E-state index is 11.2. The first-order chi connectivity index (χ1) is 7.74. The molecule has 0 aromatic carbocycles. The Morgan fingerprint density at radius 3 is 2.44 bits per heavy atom. The van der Waals surface area contributed by atoms with Gasteiger partial charge in [-0.05, 0) is 25.7 Å². The largest absolute Gasteiger partial charge is 0.370 e.